The van der Waals surface area contributed by atoms with Crippen molar-refractivity contribution in [3.8, 4) is 0 Å². The van der Waals surface area contributed by atoms with Gasteiger partial charge in [-0.3, -0.25) is 9.69 Å². The van der Waals surface area contributed by atoms with Crippen LogP contribution in [0.3, 0.4) is 0 Å². The van der Waals surface area contributed by atoms with Gasteiger partial charge >= 0.3 is 0 Å². The highest BCUT2D eigenvalue weighted by Gasteiger charge is 2.62. The van der Waals surface area contributed by atoms with Crippen LogP contribution < -0.4 is 11.1 Å². The zero-order valence-corrected chi connectivity index (χ0v) is 19.3. The number of nitrogens with one attached hydrogen (secondary N) is 1. The number of carbonyl (C=O) groups is 1. The summed E-state index contributed by atoms with van der Waals surface area (Å²) in [4.78, 5) is 15.2. The first kappa shape index (κ1) is 28.1. The Bertz CT molecular complexity index is 418. The van der Waals surface area contributed by atoms with E-state index in [0.29, 0.717) is 31.5 Å². The van der Waals surface area contributed by atoms with Gasteiger partial charge in [-0.25, -0.2) is 0 Å². The van der Waals surface area contributed by atoms with Crippen molar-refractivity contribution in [2.45, 2.75) is 79.0 Å². The van der Waals surface area contributed by atoms with Crippen molar-refractivity contribution >= 4 is 30.7 Å². The predicted octanol–water partition coefficient (Wildman–Crippen LogP) is 3.24. The number of halogens is 2. The molecule has 0 radical (unpaired) electrons. The van der Waals surface area contributed by atoms with Gasteiger partial charge in [0, 0.05) is 31.0 Å². The molecule has 1 aliphatic carbocycles. The van der Waals surface area contributed by atoms with Crippen LogP contribution in [0, 0.1) is 11.3 Å². The topological polar surface area (TPSA) is 67.6 Å². The first-order valence-corrected chi connectivity index (χ1v) is 9.56. The summed E-state index contributed by atoms with van der Waals surface area (Å²) < 4.78 is 5.72. The fraction of sp³-hybridized carbons (Fsp3) is 0.947. The minimum absolute atomic E-state index is 0. The third kappa shape index (κ3) is 5.96. The van der Waals surface area contributed by atoms with Gasteiger partial charge in [-0.2, -0.15) is 0 Å². The molecule has 0 aromatic heterocycles. The maximum absolute atomic E-state index is 12.8. The summed E-state index contributed by atoms with van der Waals surface area (Å²) in [6.07, 6.45) is 1.73. The molecule has 5 nitrogen and oxygen atoms in total. The van der Waals surface area contributed by atoms with Gasteiger partial charge in [-0.05, 0) is 32.4 Å². The second kappa shape index (κ2) is 11.7. The molecule has 3 unspecified atom stereocenters. The van der Waals surface area contributed by atoms with E-state index in [1.54, 1.807) is 0 Å². The largest absolute Gasteiger partial charge is 0.378 e. The summed E-state index contributed by atoms with van der Waals surface area (Å²) in [6, 6.07) is 0.360. The molecule has 0 spiro atoms. The van der Waals surface area contributed by atoms with Crippen LogP contribution in [0.15, 0.2) is 0 Å². The summed E-state index contributed by atoms with van der Waals surface area (Å²) in [5, 5.41) is 3.14. The number of ether oxygens (including phenoxy) is 1. The summed E-state index contributed by atoms with van der Waals surface area (Å²) in [7, 11) is 0. The van der Waals surface area contributed by atoms with Crippen LogP contribution in [0.1, 0.15) is 61.3 Å². The number of carbonyl (C=O) groups excluding carboxylic acids is 1. The quantitative estimate of drug-likeness (QED) is 0.576. The molecule has 158 valence electrons. The lowest BCUT2D eigenvalue weighted by molar-refractivity contribution is -0.170. The molecular formula is C19H41Cl2N3O2. The molecule has 1 fully saturated rings. The van der Waals surface area contributed by atoms with E-state index in [0.717, 1.165) is 19.5 Å². The van der Waals surface area contributed by atoms with Gasteiger partial charge in [0.15, 0.2) is 0 Å². The maximum atomic E-state index is 12.8. The van der Waals surface area contributed by atoms with Crippen molar-refractivity contribution in [3.63, 3.8) is 0 Å². The minimum Gasteiger partial charge on any atom is -0.378 e. The Labute approximate surface area is 173 Å². The molecule has 0 heterocycles. The average Bonchev–Trinajstić information content (AvgIpc) is 2.52. The summed E-state index contributed by atoms with van der Waals surface area (Å²) in [6.45, 7) is 18.2. The molecular weight excluding hydrogens is 373 g/mol. The van der Waals surface area contributed by atoms with Crippen LogP contribution in [0.5, 0.6) is 0 Å². The monoisotopic (exact) mass is 413 g/mol. The van der Waals surface area contributed by atoms with Gasteiger partial charge in [0.05, 0.1) is 6.10 Å². The lowest BCUT2D eigenvalue weighted by Gasteiger charge is -2.57. The molecule has 0 aromatic rings. The van der Waals surface area contributed by atoms with Gasteiger partial charge in [-0.15, -0.1) is 24.8 Å². The summed E-state index contributed by atoms with van der Waals surface area (Å²) >= 11 is 0. The van der Waals surface area contributed by atoms with E-state index >= 15 is 0 Å². The third-order valence-electron chi connectivity index (χ3n) is 5.81. The predicted molar refractivity (Wildman–Crippen MR) is 114 cm³/mol. The van der Waals surface area contributed by atoms with Gasteiger partial charge in [0.2, 0.25) is 5.91 Å². The Morgan fingerprint density at radius 2 is 1.77 bits per heavy atom. The highest BCUT2D eigenvalue weighted by Crippen LogP contribution is 2.49. The van der Waals surface area contributed by atoms with Crippen LogP contribution in [0.25, 0.3) is 0 Å². The minimum atomic E-state index is -0.835. The van der Waals surface area contributed by atoms with Crippen molar-refractivity contribution < 1.29 is 9.53 Å². The summed E-state index contributed by atoms with van der Waals surface area (Å²) in [5.74, 6) is 0.561. The molecule has 1 saturated carbocycles. The molecule has 3 atom stereocenters. The average molecular weight is 414 g/mol. The molecule has 0 saturated heterocycles. The van der Waals surface area contributed by atoms with E-state index in [4.69, 9.17) is 10.5 Å². The Kier molecular flexibility index (Phi) is 12.7. The molecule has 0 bridgehead atoms. The molecule has 0 aromatic carbocycles. The van der Waals surface area contributed by atoms with Crippen molar-refractivity contribution in [3.05, 3.63) is 0 Å². The highest BCUT2D eigenvalue weighted by molar-refractivity contribution is 5.88. The lowest BCUT2D eigenvalue weighted by Crippen LogP contribution is -2.76. The van der Waals surface area contributed by atoms with Crippen LogP contribution in [-0.4, -0.2) is 54.7 Å². The molecule has 26 heavy (non-hydrogen) atoms. The standard InChI is InChI=1S/C19H39N3O2.2ClH/c1-8-22(9-2)15(11-14(4)5)13-21-17(23)19(20)12-16(24-10-3)18(19,6)7;;/h14-16H,8-13,20H2,1-7H3,(H,21,23);2*1H. The molecule has 1 amide bonds. The van der Waals surface area contributed by atoms with E-state index in [2.05, 4.69) is 37.9 Å². The zero-order chi connectivity index (χ0) is 18.5. The van der Waals surface area contributed by atoms with E-state index in [1.807, 2.05) is 20.8 Å². The number of nitrogens with two attached hydrogens (primary N) is 1. The Balaban J connectivity index is 0. The van der Waals surface area contributed by atoms with Crippen LogP contribution in [0.2, 0.25) is 0 Å². The molecule has 1 rings (SSSR count). The molecule has 0 aliphatic heterocycles. The number of hydrogen-bond donors (Lipinski definition) is 2. The SMILES string of the molecule is CCOC1CC(N)(C(=O)NCC(CC(C)C)N(CC)CC)C1(C)C.Cl.Cl. The van der Waals surface area contributed by atoms with E-state index in [9.17, 15) is 4.79 Å². The smallest absolute Gasteiger partial charge is 0.240 e. The van der Waals surface area contributed by atoms with Crippen molar-refractivity contribution in [2.75, 3.05) is 26.2 Å². The van der Waals surface area contributed by atoms with Gasteiger partial charge in [-0.1, -0.05) is 41.5 Å². The van der Waals surface area contributed by atoms with E-state index < -0.39 is 5.54 Å². The normalized spacial score (nSPS) is 25.1. The second-order valence-electron chi connectivity index (χ2n) is 8.06. The van der Waals surface area contributed by atoms with Crippen molar-refractivity contribution in [1.29, 1.82) is 0 Å². The van der Waals surface area contributed by atoms with E-state index in [-0.39, 0.29) is 42.2 Å². The Hall–Kier alpha value is -0.0700. The Morgan fingerprint density at radius 1 is 1.23 bits per heavy atom. The fourth-order valence-corrected chi connectivity index (χ4v) is 3.83. The molecule has 3 N–H and O–H groups in total. The number of likely N-dealkylation sites (N-methyl/N-ethyl adjacent to an activating group) is 1. The van der Waals surface area contributed by atoms with Crippen molar-refractivity contribution in [1.82, 2.24) is 10.2 Å². The van der Waals surface area contributed by atoms with Crippen LogP contribution in [0.4, 0.5) is 0 Å². The number of amides is 1. The number of nitrogens with zero attached hydrogens (tertiary/aromatic N) is 1. The van der Waals surface area contributed by atoms with Gasteiger partial charge in [0.1, 0.15) is 5.54 Å². The van der Waals surface area contributed by atoms with Gasteiger partial charge in [0.25, 0.3) is 0 Å². The Morgan fingerprint density at radius 3 is 2.15 bits per heavy atom. The second-order valence-corrected chi connectivity index (χ2v) is 8.06. The summed E-state index contributed by atoms with van der Waals surface area (Å²) in [5.41, 5.74) is 5.30. The first-order valence-electron chi connectivity index (χ1n) is 9.56. The van der Waals surface area contributed by atoms with Crippen LogP contribution in [-0.2, 0) is 9.53 Å². The number of rotatable bonds is 10. The lowest BCUT2D eigenvalue weighted by atomic mass is 9.54. The fourth-order valence-electron chi connectivity index (χ4n) is 3.83. The van der Waals surface area contributed by atoms with Crippen molar-refractivity contribution in [2.24, 2.45) is 17.1 Å². The number of hydrogen-bond acceptors (Lipinski definition) is 4. The maximum Gasteiger partial charge on any atom is 0.240 e. The molecule has 1 aliphatic rings. The highest BCUT2D eigenvalue weighted by atomic mass is 35.5. The third-order valence-corrected chi connectivity index (χ3v) is 5.81. The zero-order valence-electron chi connectivity index (χ0n) is 17.6. The molecule has 7 heteroatoms. The van der Waals surface area contributed by atoms with Gasteiger partial charge < -0.3 is 15.8 Å². The first-order chi connectivity index (χ1) is 11.1. The van der Waals surface area contributed by atoms with E-state index in [1.165, 1.54) is 0 Å². The van der Waals surface area contributed by atoms with Crippen LogP contribution >= 0.6 is 24.8 Å².